The van der Waals surface area contributed by atoms with Crippen LogP contribution in [0.25, 0.3) is 40.1 Å². The number of nitrogens with zero attached hydrogens (tertiary/aromatic N) is 2. The van der Waals surface area contributed by atoms with Crippen molar-refractivity contribution in [2.24, 2.45) is 5.92 Å². The molecule has 0 bridgehead atoms. The lowest BCUT2D eigenvalue weighted by molar-refractivity contribution is -0.128. The molecule has 2 unspecified atom stereocenters. The summed E-state index contributed by atoms with van der Waals surface area (Å²) < 4.78 is 1.15. The molecule has 0 aromatic heterocycles. The topological polar surface area (TPSA) is 40.6 Å². The Morgan fingerprint density at radius 2 is 0.767 bits per heavy atom. The Hall–Kier alpha value is -4.48. The van der Waals surface area contributed by atoms with E-state index in [2.05, 4.69) is 123 Å². The van der Waals surface area contributed by atoms with Gasteiger partial charge in [0.15, 0.2) is 0 Å². The number of amides is 2. The van der Waals surface area contributed by atoms with Crippen molar-refractivity contribution in [2.75, 3.05) is 0 Å². The molecule has 488 valence electrons. The van der Waals surface area contributed by atoms with Gasteiger partial charge in [0.25, 0.3) is 5.91 Å². The fourth-order valence-corrected chi connectivity index (χ4v) is 18.1. The van der Waals surface area contributed by atoms with Crippen molar-refractivity contribution in [3.05, 3.63) is 133 Å². The Morgan fingerprint density at radius 3 is 1.22 bits per heavy atom. The normalized spacial score (nSPS) is 17.4. The maximum Gasteiger partial charge on any atom is 0.257 e. The Bertz CT molecular complexity index is 3050. The molecule has 10 rings (SSSR count). The van der Waals surface area contributed by atoms with Gasteiger partial charge in [-0.15, -0.1) is 0 Å². The second-order valence-electron chi connectivity index (χ2n) is 29.4. The number of aryl methyl sites for hydroxylation is 1. The summed E-state index contributed by atoms with van der Waals surface area (Å²) in [6, 6.07) is 24.0. The molecule has 2 atom stereocenters. The molecular weight excluding hydrogens is 1160 g/mol. The lowest BCUT2D eigenvalue weighted by atomic mass is 9.69. The molecule has 4 aromatic carbocycles. The number of fused-ring (bicyclic) bond motifs is 14. The summed E-state index contributed by atoms with van der Waals surface area (Å²) >= 11 is 4.00. The van der Waals surface area contributed by atoms with Crippen LogP contribution in [-0.2, 0) is 20.4 Å². The standard InChI is InChI=1S/C85H119BrN2O2/c1-6-10-14-18-22-26-30-34-38-42-52-84(53-43-39-35-31-27-23-19-15-11-7-2)74-58-64(5)46-48-68(74)72-59-65-50-56-87-80(70(65)62-76(72)84)78-79(83(87)90)81-71-63-77-73(60-66(71)51-57-88(81)82(78)89)69-49-47-67(86)61-75(69)85(77,54-44-40-36-32-28-24-20-16-12-8-3)55-45-41-37-33-29-25-21-17-13-9-4/h46-51,56-63,79,81H,6-45,52-55H2,1-5H3. The highest BCUT2D eigenvalue weighted by atomic mass is 79.9. The van der Waals surface area contributed by atoms with Gasteiger partial charge in [-0.3, -0.25) is 14.5 Å². The molecule has 4 aromatic rings. The van der Waals surface area contributed by atoms with Gasteiger partial charge in [0.05, 0.1) is 23.2 Å². The average Bonchev–Trinajstić information content (AvgIpc) is 1.53. The van der Waals surface area contributed by atoms with Gasteiger partial charge in [-0.25, -0.2) is 0 Å². The molecule has 2 aliphatic carbocycles. The van der Waals surface area contributed by atoms with Crippen molar-refractivity contribution in [1.82, 2.24) is 9.80 Å². The van der Waals surface area contributed by atoms with Gasteiger partial charge >= 0.3 is 0 Å². The summed E-state index contributed by atoms with van der Waals surface area (Å²) in [5.41, 5.74) is 18.5. The van der Waals surface area contributed by atoms with Crippen LogP contribution < -0.4 is 0 Å². The molecule has 4 heterocycles. The van der Waals surface area contributed by atoms with E-state index in [-0.39, 0.29) is 22.6 Å². The Labute approximate surface area is 556 Å². The van der Waals surface area contributed by atoms with Crippen molar-refractivity contribution in [2.45, 2.75) is 334 Å². The predicted molar refractivity (Wildman–Crippen MR) is 389 cm³/mol. The first kappa shape index (κ1) is 68.4. The monoisotopic (exact) mass is 1280 g/mol. The van der Waals surface area contributed by atoms with E-state index in [1.807, 2.05) is 22.2 Å². The quantitative estimate of drug-likeness (QED) is 0.0414. The minimum Gasteiger partial charge on any atom is -0.307 e. The first-order valence-electron chi connectivity index (χ1n) is 38.3. The first-order valence-corrected chi connectivity index (χ1v) is 39.1. The highest BCUT2D eigenvalue weighted by molar-refractivity contribution is 9.10. The molecule has 0 saturated carbocycles. The van der Waals surface area contributed by atoms with Crippen LogP contribution in [0.2, 0.25) is 0 Å². The van der Waals surface area contributed by atoms with E-state index in [0.29, 0.717) is 5.57 Å². The van der Waals surface area contributed by atoms with E-state index in [1.165, 1.54) is 307 Å². The van der Waals surface area contributed by atoms with Gasteiger partial charge in [0.2, 0.25) is 5.91 Å². The van der Waals surface area contributed by atoms with Gasteiger partial charge in [-0.2, -0.15) is 0 Å². The zero-order valence-electron chi connectivity index (χ0n) is 57.4. The highest BCUT2D eigenvalue weighted by Crippen LogP contribution is 2.61. The van der Waals surface area contributed by atoms with Crippen LogP contribution >= 0.6 is 15.9 Å². The number of rotatable bonds is 44. The van der Waals surface area contributed by atoms with Crippen LogP contribution in [0.5, 0.6) is 0 Å². The maximum atomic E-state index is 15.7. The van der Waals surface area contributed by atoms with Crippen molar-refractivity contribution < 1.29 is 9.59 Å². The Morgan fingerprint density at radius 1 is 0.389 bits per heavy atom. The molecule has 5 heteroatoms. The third-order valence-corrected chi connectivity index (χ3v) is 23.3. The smallest absolute Gasteiger partial charge is 0.257 e. The number of hydrogen-bond acceptors (Lipinski definition) is 2. The lowest BCUT2D eigenvalue weighted by Gasteiger charge is -2.36. The van der Waals surface area contributed by atoms with E-state index in [4.69, 9.17) is 0 Å². The molecule has 2 amide bonds. The molecule has 4 nitrogen and oxygen atoms in total. The van der Waals surface area contributed by atoms with Crippen molar-refractivity contribution in [3.63, 3.8) is 0 Å². The number of benzene rings is 4. The van der Waals surface area contributed by atoms with Crippen LogP contribution in [0.15, 0.2) is 83.1 Å². The Balaban J connectivity index is 0.963. The fourth-order valence-electron chi connectivity index (χ4n) is 17.8. The van der Waals surface area contributed by atoms with Crippen molar-refractivity contribution >= 4 is 45.6 Å². The molecule has 90 heavy (non-hydrogen) atoms. The largest absolute Gasteiger partial charge is 0.307 e. The number of carbonyl (C=O) groups excluding carboxylic acids is 2. The van der Waals surface area contributed by atoms with Gasteiger partial charge < -0.3 is 4.90 Å². The number of carbonyl (C=O) groups is 2. The van der Waals surface area contributed by atoms with Crippen LogP contribution in [-0.4, -0.2) is 21.6 Å². The van der Waals surface area contributed by atoms with Crippen LogP contribution in [0.4, 0.5) is 0 Å². The molecule has 6 aliphatic rings. The zero-order valence-corrected chi connectivity index (χ0v) is 59.0. The second-order valence-corrected chi connectivity index (χ2v) is 30.3. The minimum absolute atomic E-state index is 0.00453. The fraction of sp³-hybridized carbons (Fsp3) is 0.624. The summed E-state index contributed by atoms with van der Waals surface area (Å²) in [6.07, 6.45) is 66.1. The summed E-state index contributed by atoms with van der Waals surface area (Å²) in [5.74, 6) is -0.549. The van der Waals surface area contributed by atoms with E-state index in [1.54, 1.807) is 0 Å². The molecule has 0 radical (unpaired) electrons. The zero-order chi connectivity index (χ0) is 62.7. The summed E-state index contributed by atoms with van der Waals surface area (Å²) in [4.78, 5) is 35.2. The van der Waals surface area contributed by atoms with Crippen molar-refractivity contribution in [1.29, 1.82) is 0 Å². The van der Waals surface area contributed by atoms with Gasteiger partial charge in [-0.05, 0) is 136 Å². The average molecular weight is 1280 g/mol. The molecule has 1 fully saturated rings. The maximum absolute atomic E-state index is 15.7. The van der Waals surface area contributed by atoms with Gasteiger partial charge in [0.1, 0.15) is 0 Å². The summed E-state index contributed by atoms with van der Waals surface area (Å²) in [7, 11) is 0. The third kappa shape index (κ3) is 15.5. The van der Waals surface area contributed by atoms with E-state index < -0.39 is 12.0 Å². The number of unbranched alkanes of at least 4 members (excludes halogenated alkanes) is 36. The van der Waals surface area contributed by atoms with Crippen molar-refractivity contribution in [3.8, 4) is 22.3 Å². The molecule has 0 spiro atoms. The second kappa shape index (κ2) is 34.1. The summed E-state index contributed by atoms with van der Waals surface area (Å²) in [5, 5.41) is 0. The highest BCUT2D eigenvalue weighted by Gasteiger charge is 2.58. The number of halogens is 1. The van der Waals surface area contributed by atoms with Crippen LogP contribution in [0.3, 0.4) is 0 Å². The SMILES string of the molecule is CCCCCCCCCCCCC1(CCCCCCCCCCCC)c2cc(C)ccc2-c2cc3c(cc21)C1=C2C(=O)N4C=Cc5cc6c(cc5C4C2C(=O)N1C=C3)C(CCCCCCCCCCCC)(CCCCCCCCCCCC)c1cc(Br)ccc1-6. The third-order valence-electron chi connectivity index (χ3n) is 22.8. The van der Waals surface area contributed by atoms with E-state index in [0.717, 1.165) is 58.1 Å². The van der Waals surface area contributed by atoms with E-state index in [9.17, 15) is 0 Å². The Kier molecular flexibility index (Phi) is 25.9. The van der Waals surface area contributed by atoms with Gasteiger partial charge in [0, 0.05) is 33.3 Å². The molecule has 4 aliphatic heterocycles. The van der Waals surface area contributed by atoms with Gasteiger partial charge in [-0.1, -0.05) is 336 Å². The molecular formula is C85H119BrN2O2. The summed E-state index contributed by atoms with van der Waals surface area (Å²) in [6.45, 7) is 11.5. The first-order chi connectivity index (χ1) is 44.2. The minimum atomic E-state index is -0.586. The predicted octanol–water partition coefficient (Wildman–Crippen LogP) is 26.3. The van der Waals surface area contributed by atoms with Crippen LogP contribution in [0, 0.1) is 12.8 Å². The number of hydrogen-bond donors (Lipinski definition) is 0. The lowest BCUT2D eigenvalue weighted by Crippen LogP contribution is -2.34. The molecule has 0 N–H and O–H groups in total. The molecule has 1 saturated heterocycles. The van der Waals surface area contributed by atoms with Crippen LogP contribution in [0.1, 0.15) is 366 Å². The van der Waals surface area contributed by atoms with E-state index >= 15 is 9.59 Å².